The zero-order valence-electron chi connectivity index (χ0n) is 11.3. The Bertz CT molecular complexity index is 697. The Morgan fingerprint density at radius 2 is 2.30 bits per heavy atom. The molecule has 0 radical (unpaired) electrons. The van der Waals surface area contributed by atoms with E-state index in [-0.39, 0.29) is 6.10 Å². The molecule has 1 spiro atoms. The van der Waals surface area contributed by atoms with Crippen LogP contribution in [0, 0.1) is 6.92 Å². The minimum atomic E-state index is -3.26. The standard InChI is InChI=1S/C15H17NO3S/c1-11-3-2-4-12(7-11)9-16-10-15-6-5-13(19-15)8-14(15)20(16,17)18/h2-7,13-14H,8-10H2,1H3/t13-,14-,15+/m0/s1. The Kier molecular flexibility index (Phi) is 2.47. The summed E-state index contributed by atoms with van der Waals surface area (Å²) in [7, 11) is -3.26. The Labute approximate surface area is 119 Å². The summed E-state index contributed by atoms with van der Waals surface area (Å²) in [5.41, 5.74) is 1.59. The molecule has 0 N–H and O–H groups in total. The predicted molar refractivity (Wildman–Crippen MR) is 75.7 cm³/mol. The Morgan fingerprint density at radius 1 is 1.45 bits per heavy atom. The first-order valence-corrected chi connectivity index (χ1v) is 8.42. The third kappa shape index (κ3) is 1.63. The molecular weight excluding hydrogens is 274 g/mol. The van der Waals surface area contributed by atoms with Crippen LogP contribution in [0.2, 0.25) is 0 Å². The summed E-state index contributed by atoms with van der Waals surface area (Å²) >= 11 is 0. The first-order valence-electron chi connectivity index (χ1n) is 6.91. The molecule has 0 amide bonds. The number of rotatable bonds is 2. The van der Waals surface area contributed by atoms with Crippen molar-refractivity contribution in [2.24, 2.45) is 0 Å². The van der Waals surface area contributed by atoms with Crippen LogP contribution in [-0.2, 0) is 21.3 Å². The lowest BCUT2D eigenvalue weighted by Gasteiger charge is -2.19. The molecule has 4 rings (SSSR count). The Morgan fingerprint density at radius 3 is 3.00 bits per heavy atom. The molecule has 3 heterocycles. The SMILES string of the molecule is Cc1cccc(CN2C[C@]34C=C[C@@H](C[C@@H]3S2(=O)=O)O4)c1. The minimum Gasteiger partial charge on any atom is -0.361 e. The summed E-state index contributed by atoms with van der Waals surface area (Å²) in [6, 6.07) is 8.00. The fourth-order valence-corrected chi connectivity index (χ4v) is 5.84. The van der Waals surface area contributed by atoms with Crippen LogP contribution in [0.3, 0.4) is 0 Å². The molecule has 2 fully saturated rings. The Hall–Kier alpha value is -1.17. The van der Waals surface area contributed by atoms with Crippen LogP contribution in [0.5, 0.6) is 0 Å². The summed E-state index contributed by atoms with van der Waals surface area (Å²) in [6.07, 6.45) is 4.56. The molecule has 5 heteroatoms. The number of hydrogen-bond acceptors (Lipinski definition) is 3. The van der Waals surface area contributed by atoms with E-state index in [1.807, 2.05) is 43.3 Å². The van der Waals surface area contributed by atoms with Gasteiger partial charge in [-0.25, -0.2) is 8.42 Å². The molecule has 1 aromatic rings. The summed E-state index contributed by atoms with van der Waals surface area (Å²) in [5, 5.41) is -0.394. The van der Waals surface area contributed by atoms with Crippen molar-refractivity contribution in [2.75, 3.05) is 6.54 Å². The van der Waals surface area contributed by atoms with E-state index in [9.17, 15) is 8.42 Å². The normalized spacial score (nSPS) is 37.5. The monoisotopic (exact) mass is 291 g/mol. The van der Waals surface area contributed by atoms with E-state index in [1.165, 1.54) is 0 Å². The molecule has 4 nitrogen and oxygen atoms in total. The molecule has 0 aromatic heterocycles. The van der Waals surface area contributed by atoms with Gasteiger partial charge in [-0.05, 0) is 18.9 Å². The predicted octanol–water partition coefficient (Wildman–Crippen LogP) is 1.61. The highest BCUT2D eigenvalue weighted by molar-refractivity contribution is 7.90. The summed E-state index contributed by atoms with van der Waals surface area (Å²) in [4.78, 5) is 0. The van der Waals surface area contributed by atoms with E-state index < -0.39 is 20.9 Å². The fourth-order valence-electron chi connectivity index (χ4n) is 3.62. The van der Waals surface area contributed by atoms with Crippen molar-refractivity contribution in [1.82, 2.24) is 4.31 Å². The van der Waals surface area contributed by atoms with Crippen LogP contribution >= 0.6 is 0 Å². The molecule has 1 aromatic carbocycles. The largest absolute Gasteiger partial charge is 0.361 e. The van der Waals surface area contributed by atoms with Gasteiger partial charge in [-0.15, -0.1) is 0 Å². The average molecular weight is 291 g/mol. The molecule has 20 heavy (non-hydrogen) atoms. The van der Waals surface area contributed by atoms with Crippen molar-refractivity contribution in [1.29, 1.82) is 0 Å². The molecule has 0 unspecified atom stereocenters. The zero-order chi connectivity index (χ0) is 14.0. The topological polar surface area (TPSA) is 46.6 Å². The molecule has 0 aliphatic carbocycles. The van der Waals surface area contributed by atoms with Gasteiger partial charge in [-0.1, -0.05) is 42.0 Å². The van der Waals surface area contributed by atoms with Gasteiger partial charge in [0.1, 0.15) is 10.9 Å². The lowest BCUT2D eigenvalue weighted by molar-refractivity contribution is 0.0298. The second-order valence-electron chi connectivity index (χ2n) is 6.00. The van der Waals surface area contributed by atoms with E-state index in [4.69, 9.17) is 4.74 Å². The van der Waals surface area contributed by atoms with Gasteiger partial charge < -0.3 is 4.74 Å². The van der Waals surface area contributed by atoms with Crippen molar-refractivity contribution < 1.29 is 13.2 Å². The lowest BCUT2D eigenvalue weighted by Crippen LogP contribution is -2.36. The second kappa shape index (κ2) is 3.93. The molecule has 3 aliphatic rings. The number of aryl methyl sites for hydroxylation is 1. The van der Waals surface area contributed by atoms with E-state index in [2.05, 4.69) is 0 Å². The van der Waals surface area contributed by atoms with Crippen LogP contribution in [0.25, 0.3) is 0 Å². The van der Waals surface area contributed by atoms with Crippen molar-refractivity contribution >= 4 is 10.0 Å². The first kappa shape index (κ1) is 12.6. The number of ether oxygens (including phenoxy) is 1. The van der Waals surface area contributed by atoms with Crippen LogP contribution in [0.15, 0.2) is 36.4 Å². The Balaban J connectivity index is 1.66. The zero-order valence-corrected chi connectivity index (χ0v) is 12.1. The summed E-state index contributed by atoms with van der Waals surface area (Å²) < 4.78 is 32.8. The number of fused-ring (bicyclic) bond motifs is 1. The van der Waals surface area contributed by atoms with Gasteiger partial charge in [-0.3, -0.25) is 0 Å². The van der Waals surface area contributed by atoms with Crippen LogP contribution in [0.1, 0.15) is 17.5 Å². The van der Waals surface area contributed by atoms with Gasteiger partial charge >= 0.3 is 0 Å². The highest BCUT2D eigenvalue weighted by Gasteiger charge is 2.63. The molecule has 2 bridgehead atoms. The highest BCUT2D eigenvalue weighted by Crippen LogP contribution is 2.48. The number of hydrogen-bond donors (Lipinski definition) is 0. The quantitative estimate of drug-likeness (QED) is 0.778. The third-order valence-corrected chi connectivity index (χ3v) is 6.83. The number of sulfonamides is 1. The minimum absolute atomic E-state index is 0.00380. The van der Waals surface area contributed by atoms with Crippen LogP contribution < -0.4 is 0 Å². The third-order valence-electron chi connectivity index (χ3n) is 4.54. The van der Waals surface area contributed by atoms with Crippen LogP contribution in [-0.4, -0.2) is 36.2 Å². The van der Waals surface area contributed by atoms with Gasteiger partial charge in [0.25, 0.3) is 0 Å². The molecular formula is C15H17NO3S. The average Bonchev–Trinajstić information content (AvgIpc) is 3.00. The van der Waals surface area contributed by atoms with Gasteiger partial charge in [0.2, 0.25) is 10.0 Å². The summed E-state index contributed by atoms with van der Waals surface area (Å²) in [6.45, 7) is 2.90. The smallest absolute Gasteiger partial charge is 0.220 e. The van der Waals surface area contributed by atoms with Gasteiger partial charge in [0, 0.05) is 13.1 Å². The van der Waals surface area contributed by atoms with Gasteiger partial charge in [0.05, 0.1) is 6.10 Å². The highest BCUT2D eigenvalue weighted by atomic mass is 32.2. The van der Waals surface area contributed by atoms with E-state index in [1.54, 1.807) is 4.31 Å². The summed E-state index contributed by atoms with van der Waals surface area (Å²) in [5.74, 6) is 0. The molecule has 3 atom stereocenters. The van der Waals surface area contributed by atoms with E-state index in [0.717, 1.165) is 11.1 Å². The molecule has 106 valence electrons. The molecule has 0 saturated carbocycles. The van der Waals surface area contributed by atoms with Crippen molar-refractivity contribution in [3.63, 3.8) is 0 Å². The molecule has 2 saturated heterocycles. The maximum absolute atomic E-state index is 12.7. The second-order valence-corrected chi connectivity index (χ2v) is 8.11. The van der Waals surface area contributed by atoms with Crippen molar-refractivity contribution in [3.05, 3.63) is 47.5 Å². The van der Waals surface area contributed by atoms with Crippen molar-refractivity contribution in [2.45, 2.75) is 36.8 Å². The first-order chi connectivity index (χ1) is 9.49. The van der Waals surface area contributed by atoms with E-state index in [0.29, 0.717) is 19.5 Å². The van der Waals surface area contributed by atoms with Crippen LogP contribution in [0.4, 0.5) is 0 Å². The van der Waals surface area contributed by atoms with Gasteiger partial charge in [0.15, 0.2) is 0 Å². The van der Waals surface area contributed by atoms with Gasteiger partial charge in [-0.2, -0.15) is 4.31 Å². The van der Waals surface area contributed by atoms with E-state index >= 15 is 0 Å². The lowest BCUT2D eigenvalue weighted by atomic mass is 9.94. The fraction of sp³-hybridized carbons (Fsp3) is 0.467. The number of nitrogens with zero attached hydrogens (tertiary/aromatic N) is 1. The maximum Gasteiger partial charge on any atom is 0.220 e. The van der Waals surface area contributed by atoms with Crippen molar-refractivity contribution in [3.8, 4) is 0 Å². The molecule has 3 aliphatic heterocycles. The number of benzene rings is 1. The maximum atomic E-state index is 12.7.